The fourth-order valence-corrected chi connectivity index (χ4v) is 2.35. The van der Waals surface area contributed by atoms with E-state index in [4.69, 9.17) is 0 Å². The summed E-state index contributed by atoms with van der Waals surface area (Å²) in [5.41, 5.74) is 2.54. The standard InChI is InChI=1S/C15H28N4O/c1-10(2)7-19(8-11(3)4)9-14(20)16-15-12(5)17-18-13(15)6/h10-11H,7-9H2,1-6H3,(H,16,20)(H,17,18). The molecular weight excluding hydrogens is 252 g/mol. The lowest BCUT2D eigenvalue weighted by Crippen LogP contribution is -2.38. The molecule has 0 saturated heterocycles. The van der Waals surface area contributed by atoms with Crippen molar-refractivity contribution in [3.8, 4) is 0 Å². The lowest BCUT2D eigenvalue weighted by molar-refractivity contribution is -0.117. The summed E-state index contributed by atoms with van der Waals surface area (Å²) in [6, 6.07) is 0. The van der Waals surface area contributed by atoms with Crippen LogP contribution in [0.5, 0.6) is 0 Å². The van der Waals surface area contributed by atoms with E-state index in [2.05, 4.69) is 48.1 Å². The molecule has 2 N–H and O–H groups in total. The minimum absolute atomic E-state index is 0.0268. The predicted octanol–water partition coefficient (Wildman–Crippen LogP) is 2.58. The molecule has 5 heteroatoms. The van der Waals surface area contributed by atoms with Crippen molar-refractivity contribution in [3.63, 3.8) is 0 Å². The average Bonchev–Trinajstić information content (AvgIpc) is 2.58. The van der Waals surface area contributed by atoms with Crippen LogP contribution < -0.4 is 5.32 Å². The van der Waals surface area contributed by atoms with E-state index in [0.29, 0.717) is 18.4 Å². The van der Waals surface area contributed by atoms with Gasteiger partial charge in [0.1, 0.15) is 0 Å². The van der Waals surface area contributed by atoms with Gasteiger partial charge >= 0.3 is 0 Å². The van der Waals surface area contributed by atoms with Crippen LogP contribution in [0.15, 0.2) is 0 Å². The Morgan fingerprint density at radius 2 is 1.75 bits per heavy atom. The molecule has 0 saturated carbocycles. The van der Waals surface area contributed by atoms with Crippen molar-refractivity contribution in [3.05, 3.63) is 11.4 Å². The Morgan fingerprint density at radius 1 is 1.20 bits per heavy atom. The second-order valence-corrected chi connectivity index (χ2v) is 6.34. The Labute approximate surface area is 122 Å². The van der Waals surface area contributed by atoms with Gasteiger partial charge in [-0.05, 0) is 25.7 Å². The van der Waals surface area contributed by atoms with Crippen molar-refractivity contribution < 1.29 is 4.79 Å². The van der Waals surface area contributed by atoms with Crippen LogP contribution in [0.4, 0.5) is 5.69 Å². The lowest BCUT2D eigenvalue weighted by atomic mass is 10.1. The summed E-state index contributed by atoms with van der Waals surface area (Å²) in [4.78, 5) is 14.4. The molecule has 0 radical (unpaired) electrons. The highest BCUT2D eigenvalue weighted by molar-refractivity contribution is 5.93. The van der Waals surface area contributed by atoms with Crippen molar-refractivity contribution >= 4 is 11.6 Å². The minimum atomic E-state index is 0.0268. The predicted molar refractivity (Wildman–Crippen MR) is 82.8 cm³/mol. The van der Waals surface area contributed by atoms with Crippen LogP contribution in [0, 0.1) is 25.7 Å². The molecule has 0 atom stereocenters. The Balaban J connectivity index is 2.61. The molecule has 1 rings (SSSR count). The van der Waals surface area contributed by atoms with Gasteiger partial charge in [-0.15, -0.1) is 0 Å². The highest BCUT2D eigenvalue weighted by Crippen LogP contribution is 2.16. The van der Waals surface area contributed by atoms with Gasteiger partial charge in [-0.25, -0.2) is 0 Å². The van der Waals surface area contributed by atoms with Crippen molar-refractivity contribution in [1.29, 1.82) is 0 Å². The molecule has 0 bridgehead atoms. The van der Waals surface area contributed by atoms with E-state index in [1.54, 1.807) is 0 Å². The number of hydrogen-bond donors (Lipinski definition) is 2. The number of anilines is 1. The summed E-state index contributed by atoms with van der Waals surface area (Å²) in [5, 5.41) is 9.93. The van der Waals surface area contributed by atoms with Gasteiger partial charge in [0, 0.05) is 13.1 Å². The van der Waals surface area contributed by atoms with Gasteiger partial charge in [0.2, 0.25) is 5.91 Å². The monoisotopic (exact) mass is 280 g/mol. The van der Waals surface area contributed by atoms with E-state index in [1.165, 1.54) is 0 Å². The highest BCUT2D eigenvalue weighted by atomic mass is 16.2. The number of nitrogens with one attached hydrogen (secondary N) is 2. The highest BCUT2D eigenvalue weighted by Gasteiger charge is 2.16. The van der Waals surface area contributed by atoms with Crippen molar-refractivity contribution in [2.75, 3.05) is 25.0 Å². The third-order valence-electron chi connectivity index (χ3n) is 3.01. The maximum Gasteiger partial charge on any atom is 0.238 e. The lowest BCUT2D eigenvalue weighted by Gasteiger charge is -2.25. The van der Waals surface area contributed by atoms with Crippen LogP contribution in [0.25, 0.3) is 0 Å². The molecule has 0 aromatic carbocycles. The number of amides is 1. The topological polar surface area (TPSA) is 61.0 Å². The number of aromatic amines is 1. The van der Waals surface area contributed by atoms with Crippen LogP contribution in [0.2, 0.25) is 0 Å². The second kappa shape index (κ2) is 7.43. The molecule has 0 unspecified atom stereocenters. The van der Waals surface area contributed by atoms with Gasteiger partial charge in [-0.1, -0.05) is 27.7 Å². The zero-order valence-corrected chi connectivity index (χ0v) is 13.6. The molecule has 114 valence electrons. The second-order valence-electron chi connectivity index (χ2n) is 6.34. The molecule has 0 aliphatic carbocycles. The van der Waals surface area contributed by atoms with E-state index >= 15 is 0 Å². The van der Waals surface area contributed by atoms with Crippen molar-refractivity contribution in [1.82, 2.24) is 15.1 Å². The zero-order valence-electron chi connectivity index (χ0n) is 13.6. The molecular formula is C15H28N4O. The summed E-state index contributed by atoms with van der Waals surface area (Å²) in [6.07, 6.45) is 0. The van der Waals surface area contributed by atoms with E-state index in [0.717, 1.165) is 30.2 Å². The van der Waals surface area contributed by atoms with Crippen molar-refractivity contribution in [2.24, 2.45) is 11.8 Å². The van der Waals surface area contributed by atoms with E-state index in [-0.39, 0.29) is 5.91 Å². The zero-order chi connectivity index (χ0) is 15.3. The minimum Gasteiger partial charge on any atom is -0.322 e. The average molecular weight is 280 g/mol. The fourth-order valence-electron chi connectivity index (χ4n) is 2.35. The quantitative estimate of drug-likeness (QED) is 0.807. The smallest absolute Gasteiger partial charge is 0.238 e. The molecule has 0 aliphatic rings. The SMILES string of the molecule is Cc1n[nH]c(C)c1NC(=O)CN(CC(C)C)CC(C)C. The van der Waals surface area contributed by atoms with Gasteiger partial charge in [-0.2, -0.15) is 5.10 Å². The Kier molecular flexibility index (Phi) is 6.20. The number of aromatic nitrogens is 2. The number of carbonyl (C=O) groups is 1. The summed E-state index contributed by atoms with van der Waals surface area (Å²) in [5.74, 6) is 1.14. The van der Waals surface area contributed by atoms with Crippen LogP contribution in [0.3, 0.4) is 0 Å². The molecule has 5 nitrogen and oxygen atoms in total. The van der Waals surface area contributed by atoms with Crippen LogP contribution in [-0.2, 0) is 4.79 Å². The Morgan fingerprint density at radius 3 is 2.15 bits per heavy atom. The first-order valence-corrected chi connectivity index (χ1v) is 7.33. The van der Waals surface area contributed by atoms with E-state index in [1.807, 2.05) is 13.8 Å². The van der Waals surface area contributed by atoms with Crippen LogP contribution in [0.1, 0.15) is 39.1 Å². The summed E-state index contributed by atoms with van der Waals surface area (Å²) in [7, 11) is 0. The molecule has 1 aromatic rings. The maximum atomic E-state index is 12.2. The molecule has 1 amide bonds. The molecule has 0 spiro atoms. The largest absolute Gasteiger partial charge is 0.322 e. The molecule has 1 aromatic heterocycles. The first kappa shape index (κ1) is 16.7. The Hall–Kier alpha value is -1.36. The third kappa shape index (κ3) is 5.33. The van der Waals surface area contributed by atoms with Crippen LogP contribution >= 0.6 is 0 Å². The number of hydrogen-bond acceptors (Lipinski definition) is 3. The molecule has 20 heavy (non-hydrogen) atoms. The Bertz CT molecular complexity index is 408. The van der Waals surface area contributed by atoms with Gasteiger partial charge in [0.05, 0.1) is 23.6 Å². The first-order chi connectivity index (χ1) is 9.29. The number of nitrogens with zero attached hydrogens (tertiary/aromatic N) is 2. The fraction of sp³-hybridized carbons (Fsp3) is 0.733. The normalized spacial score (nSPS) is 11.7. The summed E-state index contributed by atoms with van der Waals surface area (Å²) < 4.78 is 0. The summed E-state index contributed by atoms with van der Waals surface area (Å²) >= 11 is 0. The first-order valence-electron chi connectivity index (χ1n) is 7.33. The van der Waals surface area contributed by atoms with Gasteiger partial charge < -0.3 is 5.32 Å². The number of carbonyl (C=O) groups excluding carboxylic acids is 1. The van der Waals surface area contributed by atoms with E-state index < -0.39 is 0 Å². The maximum absolute atomic E-state index is 12.2. The number of aryl methyl sites for hydroxylation is 2. The van der Waals surface area contributed by atoms with Gasteiger partial charge in [0.25, 0.3) is 0 Å². The number of rotatable bonds is 7. The molecule has 1 heterocycles. The van der Waals surface area contributed by atoms with Crippen LogP contribution in [-0.4, -0.2) is 40.6 Å². The van der Waals surface area contributed by atoms with Gasteiger partial charge in [0.15, 0.2) is 0 Å². The van der Waals surface area contributed by atoms with Gasteiger partial charge in [-0.3, -0.25) is 14.8 Å². The number of H-pyrrole nitrogens is 1. The third-order valence-corrected chi connectivity index (χ3v) is 3.01. The summed E-state index contributed by atoms with van der Waals surface area (Å²) in [6.45, 7) is 14.8. The van der Waals surface area contributed by atoms with E-state index in [9.17, 15) is 4.79 Å². The molecule has 0 aliphatic heterocycles. The van der Waals surface area contributed by atoms with Crippen molar-refractivity contribution in [2.45, 2.75) is 41.5 Å². The molecule has 0 fully saturated rings.